The zero-order chi connectivity index (χ0) is 11.4. The van der Waals surface area contributed by atoms with Crippen molar-refractivity contribution >= 4 is 15.3 Å². The summed E-state index contributed by atoms with van der Waals surface area (Å²) in [6, 6.07) is 0.340. The normalized spacial score (nSPS) is 9.85. The van der Waals surface area contributed by atoms with E-state index in [1.54, 1.807) is 11.6 Å². The van der Waals surface area contributed by atoms with Gasteiger partial charge in [-0.3, -0.25) is 4.79 Å². The average molecular weight is 207 g/mol. The molecule has 0 aromatic carbocycles. The number of carbonyl (C=O) groups excluding carboxylic acids is 1. The molecule has 0 aromatic heterocycles. The minimum absolute atomic E-state index is 0.106. The van der Waals surface area contributed by atoms with Crippen LogP contribution in [0, 0.1) is 0 Å². The van der Waals surface area contributed by atoms with Crippen LogP contribution in [0.5, 0.6) is 0 Å². The van der Waals surface area contributed by atoms with Gasteiger partial charge in [-0.15, -0.1) is 0 Å². The van der Waals surface area contributed by atoms with Gasteiger partial charge in [0.2, 0.25) is 5.91 Å². The van der Waals surface area contributed by atoms with E-state index in [0.717, 1.165) is 6.42 Å². The topological polar surface area (TPSA) is 20.3 Å². The molecule has 0 N–H and O–H groups in total. The number of rotatable bonds is 2. The van der Waals surface area contributed by atoms with Crippen LogP contribution in [0.2, 0.25) is 0 Å². The summed E-state index contributed by atoms with van der Waals surface area (Å²) >= 11 is 0. The fraction of sp³-hybridized carbons (Fsp3) is 0.900. The molecule has 1 amide bonds. The zero-order valence-electron chi connectivity index (χ0n) is 10.2. The molecular weight excluding hydrogens is 181 g/mol. The summed E-state index contributed by atoms with van der Waals surface area (Å²) in [4.78, 5) is 10.6. The Morgan fingerprint density at radius 1 is 1.31 bits per heavy atom. The molecule has 0 aliphatic heterocycles. The maximum Gasteiger partial charge on any atom is 0.222 e. The van der Waals surface area contributed by atoms with E-state index >= 15 is 0 Å². The van der Waals surface area contributed by atoms with Gasteiger partial charge in [0.15, 0.2) is 0 Å². The SMILES string of the molecule is CC.CC.CCC(C)N(P)C(C)=O. The van der Waals surface area contributed by atoms with E-state index in [0.29, 0.717) is 6.04 Å². The molecular formula is C10H26NOP. The largest absolute Gasteiger partial charge is 0.325 e. The van der Waals surface area contributed by atoms with E-state index < -0.39 is 0 Å². The lowest BCUT2D eigenvalue weighted by Gasteiger charge is -2.21. The smallest absolute Gasteiger partial charge is 0.222 e. The molecule has 13 heavy (non-hydrogen) atoms. The van der Waals surface area contributed by atoms with Crippen molar-refractivity contribution in [1.82, 2.24) is 4.67 Å². The number of amides is 1. The summed E-state index contributed by atoms with van der Waals surface area (Å²) in [5.41, 5.74) is 0. The monoisotopic (exact) mass is 207 g/mol. The predicted molar refractivity (Wildman–Crippen MR) is 64.7 cm³/mol. The summed E-state index contributed by atoms with van der Waals surface area (Å²) < 4.78 is 1.67. The molecule has 0 radical (unpaired) electrons. The highest BCUT2D eigenvalue weighted by Gasteiger charge is 2.07. The van der Waals surface area contributed by atoms with E-state index in [4.69, 9.17) is 0 Å². The van der Waals surface area contributed by atoms with Gasteiger partial charge in [-0.1, -0.05) is 34.6 Å². The van der Waals surface area contributed by atoms with Crippen LogP contribution in [0.3, 0.4) is 0 Å². The van der Waals surface area contributed by atoms with E-state index in [1.807, 2.05) is 34.6 Å². The molecule has 0 bridgehead atoms. The molecule has 0 spiro atoms. The number of hydrogen-bond donors (Lipinski definition) is 0. The summed E-state index contributed by atoms with van der Waals surface area (Å²) in [6.07, 6.45) is 1.00. The molecule has 0 heterocycles. The standard InChI is InChI=1S/C6H14NOP.2C2H6/c1-4-5(2)7(9)6(3)8;2*1-2/h5H,4,9H2,1-3H3;2*1-2H3. The highest BCUT2D eigenvalue weighted by atomic mass is 31.0. The van der Waals surface area contributed by atoms with Crippen LogP contribution in [0.4, 0.5) is 0 Å². The van der Waals surface area contributed by atoms with E-state index in [1.165, 1.54) is 0 Å². The Morgan fingerprint density at radius 2 is 1.62 bits per heavy atom. The highest BCUT2D eigenvalue weighted by molar-refractivity contribution is 7.14. The quantitative estimate of drug-likeness (QED) is 0.635. The van der Waals surface area contributed by atoms with Gasteiger partial charge in [-0.25, -0.2) is 0 Å². The third kappa shape index (κ3) is 11.9. The minimum atomic E-state index is 0.106. The van der Waals surface area contributed by atoms with Gasteiger partial charge in [-0.05, 0) is 22.7 Å². The second kappa shape index (κ2) is 14.4. The lowest BCUT2D eigenvalue weighted by Crippen LogP contribution is -2.26. The number of nitrogens with zero attached hydrogens (tertiary/aromatic N) is 1. The molecule has 0 aromatic rings. The first-order valence-corrected chi connectivity index (χ1v) is 5.65. The lowest BCUT2D eigenvalue weighted by molar-refractivity contribution is -0.125. The highest BCUT2D eigenvalue weighted by Crippen LogP contribution is 2.08. The Balaban J connectivity index is -0.000000218. The van der Waals surface area contributed by atoms with Crippen molar-refractivity contribution in [3.05, 3.63) is 0 Å². The van der Waals surface area contributed by atoms with Crippen LogP contribution in [0.25, 0.3) is 0 Å². The molecule has 0 aliphatic carbocycles. The Morgan fingerprint density at radius 3 is 1.69 bits per heavy atom. The van der Waals surface area contributed by atoms with Gasteiger partial charge in [0.05, 0.1) is 0 Å². The van der Waals surface area contributed by atoms with Gasteiger partial charge in [-0.2, -0.15) is 0 Å². The van der Waals surface area contributed by atoms with E-state index in [2.05, 4.69) is 16.3 Å². The Hall–Kier alpha value is -0.100. The average Bonchev–Trinajstić information content (AvgIpc) is 2.21. The summed E-state index contributed by atoms with van der Waals surface area (Å²) in [5.74, 6) is 0.106. The van der Waals surface area contributed by atoms with Crippen molar-refractivity contribution < 1.29 is 4.79 Å². The molecule has 0 aliphatic rings. The van der Waals surface area contributed by atoms with Gasteiger partial charge in [0.1, 0.15) is 0 Å². The molecule has 2 nitrogen and oxygen atoms in total. The summed E-state index contributed by atoms with van der Waals surface area (Å²) in [6.45, 7) is 13.7. The molecule has 0 fully saturated rings. The molecule has 0 rings (SSSR count). The third-order valence-electron chi connectivity index (χ3n) is 1.43. The summed E-state index contributed by atoms with van der Waals surface area (Å²) in [5, 5.41) is 0. The first kappa shape index (κ1) is 18.6. The lowest BCUT2D eigenvalue weighted by atomic mass is 10.3. The fourth-order valence-corrected chi connectivity index (χ4v) is 0.718. The number of hydrogen-bond acceptors (Lipinski definition) is 1. The van der Waals surface area contributed by atoms with Crippen LogP contribution >= 0.6 is 9.39 Å². The maximum atomic E-state index is 10.6. The van der Waals surface area contributed by atoms with Crippen LogP contribution < -0.4 is 0 Å². The van der Waals surface area contributed by atoms with Gasteiger partial charge in [0.25, 0.3) is 0 Å². The van der Waals surface area contributed by atoms with Crippen LogP contribution in [-0.2, 0) is 4.79 Å². The molecule has 2 unspecified atom stereocenters. The first-order valence-electron chi connectivity index (χ1n) is 5.14. The van der Waals surface area contributed by atoms with Crippen LogP contribution in [0.15, 0.2) is 0 Å². The maximum absolute atomic E-state index is 10.6. The third-order valence-corrected chi connectivity index (χ3v) is 2.30. The van der Waals surface area contributed by atoms with Crippen LogP contribution in [0.1, 0.15) is 54.9 Å². The van der Waals surface area contributed by atoms with Gasteiger partial charge < -0.3 is 4.67 Å². The van der Waals surface area contributed by atoms with Crippen molar-refractivity contribution in [1.29, 1.82) is 0 Å². The zero-order valence-corrected chi connectivity index (χ0v) is 11.4. The Kier molecular flexibility index (Phi) is 20.7. The summed E-state index contributed by atoms with van der Waals surface area (Å²) in [7, 11) is 2.42. The second-order valence-electron chi connectivity index (χ2n) is 2.18. The molecule has 0 saturated carbocycles. The van der Waals surface area contributed by atoms with Crippen LogP contribution in [-0.4, -0.2) is 16.6 Å². The van der Waals surface area contributed by atoms with E-state index in [-0.39, 0.29) is 5.91 Å². The van der Waals surface area contributed by atoms with Gasteiger partial charge >= 0.3 is 0 Å². The minimum Gasteiger partial charge on any atom is -0.325 e. The van der Waals surface area contributed by atoms with E-state index in [9.17, 15) is 4.79 Å². The van der Waals surface area contributed by atoms with Crippen molar-refractivity contribution in [3.8, 4) is 0 Å². The Labute approximate surface area is 86.3 Å². The van der Waals surface area contributed by atoms with Crippen molar-refractivity contribution in [2.45, 2.75) is 60.9 Å². The number of carbonyl (C=O) groups is 1. The molecule has 2 atom stereocenters. The van der Waals surface area contributed by atoms with Gasteiger partial charge in [0, 0.05) is 13.0 Å². The fourth-order valence-electron chi connectivity index (χ4n) is 0.507. The Bertz CT molecular complexity index is 107. The molecule has 82 valence electrons. The van der Waals surface area contributed by atoms with Crippen molar-refractivity contribution in [3.63, 3.8) is 0 Å². The predicted octanol–water partition coefficient (Wildman–Crippen LogP) is 3.48. The second-order valence-corrected chi connectivity index (χ2v) is 2.74. The van der Waals surface area contributed by atoms with Crippen molar-refractivity contribution in [2.24, 2.45) is 0 Å². The van der Waals surface area contributed by atoms with Crippen molar-refractivity contribution in [2.75, 3.05) is 0 Å². The molecule has 0 saturated heterocycles. The molecule has 3 heteroatoms. The first-order chi connectivity index (χ1) is 6.09.